The summed E-state index contributed by atoms with van der Waals surface area (Å²) in [6, 6.07) is 0. The number of ether oxygens (including phenoxy) is 3. The third-order valence-electron chi connectivity index (χ3n) is 2.65. The highest BCUT2D eigenvalue weighted by molar-refractivity contribution is 5.79. The highest BCUT2D eigenvalue weighted by Crippen LogP contribution is 2.28. The predicted octanol–water partition coefficient (Wildman–Crippen LogP) is -0.187. The highest BCUT2D eigenvalue weighted by atomic mass is 16.7. The van der Waals surface area contributed by atoms with E-state index in [0.29, 0.717) is 0 Å². The van der Waals surface area contributed by atoms with Gasteiger partial charge in [-0.1, -0.05) is 0 Å². The van der Waals surface area contributed by atoms with Crippen LogP contribution in [0.4, 0.5) is 0 Å². The second kappa shape index (κ2) is 4.89. The molecule has 1 aliphatic heterocycles. The molecule has 0 aromatic rings. The van der Waals surface area contributed by atoms with E-state index in [1.165, 1.54) is 6.92 Å². The molecule has 1 unspecified atom stereocenters. The molecule has 0 aliphatic carbocycles. The fourth-order valence-corrected chi connectivity index (χ4v) is 1.63. The maximum atomic E-state index is 11.5. The predicted molar refractivity (Wildman–Crippen MR) is 58.2 cm³/mol. The number of carbonyl (C=O) groups is 1. The van der Waals surface area contributed by atoms with Crippen LogP contribution in [0.3, 0.4) is 0 Å². The summed E-state index contributed by atoms with van der Waals surface area (Å²) >= 11 is 0. The highest BCUT2D eigenvalue weighted by Gasteiger charge is 2.48. The van der Waals surface area contributed by atoms with Crippen molar-refractivity contribution in [3.8, 4) is 0 Å². The lowest BCUT2D eigenvalue weighted by molar-refractivity contribution is -0.195. The minimum atomic E-state index is -2.01. The van der Waals surface area contributed by atoms with Gasteiger partial charge in [0.05, 0.1) is 13.2 Å². The van der Waals surface area contributed by atoms with Crippen LogP contribution in [0, 0.1) is 0 Å². The molecule has 6 nitrogen and oxygen atoms in total. The van der Waals surface area contributed by atoms with Crippen LogP contribution in [-0.2, 0) is 19.0 Å². The van der Waals surface area contributed by atoms with Gasteiger partial charge in [-0.2, -0.15) is 0 Å². The van der Waals surface area contributed by atoms with E-state index in [4.69, 9.17) is 14.2 Å². The third kappa shape index (κ3) is 3.16. The van der Waals surface area contributed by atoms with Crippen molar-refractivity contribution >= 4 is 5.97 Å². The van der Waals surface area contributed by atoms with Gasteiger partial charge in [0.25, 0.3) is 0 Å². The summed E-state index contributed by atoms with van der Waals surface area (Å²) in [7, 11) is 0. The van der Waals surface area contributed by atoms with E-state index in [9.17, 15) is 15.0 Å². The zero-order valence-corrected chi connectivity index (χ0v) is 10.6. The van der Waals surface area contributed by atoms with Crippen LogP contribution in [0.5, 0.6) is 0 Å². The fraction of sp³-hybridized carbons (Fsp3) is 0.909. The molecule has 1 heterocycles. The molecule has 0 saturated carbocycles. The first-order valence-corrected chi connectivity index (χ1v) is 5.60. The average Bonchev–Trinajstić information content (AvgIpc) is 2.58. The lowest BCUT2D eigenvalue weighted by Gasteiger charge is -2.30. The lowest BCUT2D eigenvalue weighted by Crippen LogP contribution is -2.54. The Morgan fingerprint density at radius 2 is 2.24 bits per heavy atom. The van der Waals surface area contributed by atoms with E-state index in [0.717, 1.165) is 0 Å². The molecule has 2 N–H and O–H groups in total. The number of carbonyl (C=O) groups excluding carboxylic acids is 1. The Morgan fingerprint density at radius 1 is 1.65 bits per heavy atom. The normalized spacial score (nSPS) is 28.5. The fourth-order valence-electron chi connectivity index (χ4n) is 1.63. The Hall–Kier alpha value is -0.690. The minimum absolute atomic E-state index is 0.115. The van der Waals surface area contributed by atoms with Crippen molar-refractivity contribution in [3.63, 3.8) is 0 Å². The van der Waals surface area contributed by atoms with Gasteiger partial charge in [-0.3, -0.25) is 0 Å². The van der Waals surface area contributed by atoms with Crippen LogP contribution in [0.1, 0.15) is 27.7 Å². The van der Waals surface area contributed by atoms with Crippen molar-refractivity contribution in [2.45, 2.75) is 51.3 Å². The molecule has 3 atom stereocenters. The molecular formula is C11H20O6. The van der Waals surface area contributed by atoms with Crippen molar-refractivity contribution in [3.05, 3.63) is 0 Å². The summed E-state index contributed by atoms with van der Waals surface area (Å²) in [4.78, 5) is 11.5. The molecule has 1 saturated heterocycles. The van der Waals surface area contributed by atoms with E-state index in [1.54, 1.807) is 20.8 Å². The smallest absolute Gasteiger partial charge is 0.340 e. The minimum Gasteiger partial charge on any atom is -0.464 e. The Morgan fingerprint density at radius 3 is 2.65 bits per heavy atom. The number of aliphatic hydroxyl groups is 2. The first-order chi connectivity index (χ1) is 7.70. The van der Waals surface area contributed by atoms with Crippen LogP contribution in [0.15, 0.2) is 0 Å². The number of rotatable bonds is 4. The van der Waals surface area contributed by atoms with E-state index in [1.807, 2.05) is 0 Å². The SMILES string of the molecule is CCOC(=O)[C@](C)(O)C(O)[C@@H]1COC(C)(C)O1. The van der Waals surface area contributed by atoms with Gasteiger partial charge in [0, 0.05) is 0 Å². The molecule has 1 fully saturated rings. The molecule has 100 valence electrons. The van der Waals surface area contributed by atoms with Crippen LogP contribution in [-0.4, -0.2) is 53.0 Å². The number of aliphatic hydroxyl groups excluding tert-OH is 1. The van der Waals surface area contributed by atoms with E-state index in [-0.39, 0.29) is 13.2 Å². The van der Waals surface area contributed by atoms with Gasteiger partial charge >= 0.3 is 5.97 Å². The van der Waals surface area contributed by atoms with Gasteiger partial charge < -0.3 is 24.4 Å². The second-order valence-corrected chi connectivity index (χ2v) is 4.68. The summed E-state index contributed by atoms with van der Waals surface area (Å²) in [6.07, 6.45) is -2.16. The van der Waals surface area contributed by atoms with E-state index >= 15 is 0 Å². The zero-order chi connectivity index (χ0) is 13.3. The molecule has 0 aromatic heterocycles. The summed E-state index contributed by atoms with van der Waals surface area (Å²) in [5.41, 5.74) is -2.01. The van der Waals surface area contributed by atoms with Crippen molar-refractivity contribution in [2.24, 2.45) is 0 Å². The van der Waals surface area contributed by atoms with Gasteiger partial charge in [-0.15, -0.1) is 0 Å². The Bertz CT molecular complexity index is 286. The first-order valence-electron chi connectivity index (χ1n) is 5.60. The Balaban J connectivity index is 2.69. The van der Waals surface area contributed by atoms with Gasteiger partial charge in [-0.05, 0) is 27.7 Å². The number of hydrogen-bond donors (Lipinski definition) is 2. The quantitative estimate of drug-likeness (QED) is 0.671. The molecule has 0 aromatic carbocycles. The molecule has 0 bridgehead atoms. The maximum Gasteiger partial charge on any atom is 0.340 e. The van der Waals surface area contributed by atoms with Crippen molar-refractivity contribution in [2.75, 3.05) is 13.2 Å². The molecule has 0 radical (unpaired) electrons. The van der Waals surface area contributed by atoms with Crippen molar-refractivity contribution < 1.29 is 29.2 Å². The summed E-state index contributed by atoms with van der Waals surface area (Å²) < 4.78 is 15.3. The Kier molecular flexibility index (Phi) is 4.14. The summed E-state index contributed by atoms with van der Waals surface area (Å²) in [5.74, 6) is -1.70. The summed E-state index contributed by atoms with van der Waals surface area (Å²) in [6.45, 7) is 6.46. The largest absolute Gasteiger partial charge is 0.464 e. The van der Waals surface area contributed by atoms with Gasteiger partial charge in [0.15, 0.2) is 11.4 Å². The average molecular weight is 248 g/mol. The van der Waals surface area contributed by atoms with Crippen LogP contribution in [0.2, 0.25) is 0 Å². The van der Waals surface area contributed by atoms with Gasteiger partial charge in [0.1, 0.15) is 12.2 Å². The molecule has 0 spiro atoms. The van der Waals surface area contributed by atoms with Gasteiger partial charge in [-0.25, -0.2) is 4.79 Å². The molecule has 1 aliphatic rings. The van der Waals surface area contributed by atoms with Crippen LogP contribution in [0.25, 0.3) is 0 Å². The number of esters is 1. The molecular weight excluding hydrogens is 228 g/mol. The van der Waals surface area contributed by atoms with E-state index < -0.39 is 29.6 Å². The molecule has 0 amide bonds. The van der Waals surface area contributed by atoms with Crippen molar-refractivity contribution in [1.29, 1.82) is 0 Å². The standard InChI is InChI=1S/C11H20O6/c1-5-15-9(13)11(4,14)8(12)7-6-16-10(2,3)17-7/h7-8,12,14H,5-6H2,1-4H3/t7-,8?,11+/m0/s1. The third-order valence-corrected chi connectivity index (χ3v) is 2.65. The molecule has 17 heavy (non-hydrogen) atoms. The second-order valence-electron chi connectivity index (χ2n) is 4.68. The molecule has 6 heteroatoms. The van der Waals surface area contributed by atoms with E-state index in [2.05, 4.69) is 0 Å². The van der Waals surface area contributed by atoms with Gasteiger partial charge in [0.2, 0.25) is 0 Å². The maximum absolute atomic E-state index is 11.5. The monoisotopic (exact) mass is 248 g/mol. The van der Waals surface area contributed by atoms with Crippen LogP contribution < -0.4 is 0 Å². The zero-order valence-electron chi connectivity index (χ0n) is 10.6. The number of hydrogen-bond acceptors (Lipinski definition) is 6. The lowest BCUT2D eigenvalue weighted by atomic mass is 9.95. The topological polar surface area (TPSA) is 85.2 Å². The summed E-state index contributed by atoms with van der Waals surface area (Å²) in [5, 5.41) is 19.9. The van der Waals surface area contributed by atoms with Crippen molar-refractivity contribution in [1.82, 2.24) is 0 Å². The molecule has 1 rings (SSSR count). The first kappa shape index (κ1) is 14.4. The van der Waals surface area contributed by atoms with Crippen LogP contribution >= 0.6 is 0 Å². The Labute approximate surface area is 100 Å².